The minimum Gasteiger partial charge on any atom is -0.481 e. The van der Waals surface area contributed by atoms with Crippen LogP contribution in [0.2, 0.25) is 0 Å². The Morgan fingerprint density at radius 3 is 2.57 bits per heavy atom. The number of carbonyl (C=O) groups is 1. The van der Waals surface area contributed by atoms with Crippen LogP contribution in [0.25, 0.3) is 33.3 Å². The highest BCUT2D eigenvalue weighted by Crippen LogP contribution is 2.50. The third kappa shape index (κ3) is 4.58. The molecule has 2 aliphatic rings. The van der Waals surface area contributed by atoms with Gasteiger partial charge in [-0.05, 0) is 67.6 Å². The molecule has 2 fully saturated rings. The Bertz CT molecular complexity index is 1440. The first kappa shape index (κ1) is 24.0. The first-order chi connectivity index (χ1) is 17.8. The molecule has 1 N–H and O–H groups in total. The summed E-state index contributed by atoms with van der Waals surface area (Å²) < 4.78 is 7.87. The van der Waals surface area contributed by atoms with Crippen LogP contribution < -0.4 is 0 Å². The molecule has 6 heteroatoms. The molecule has 0 aliphatic heterocycles. The molecule has 1 aromatic carbocycles. The maximum absolute atomic E-state index is 11.1. The van der Waals surface area contributed by atoms with Crippen LogP contribution in [0.5, 0.6) is 0 Å². The highest BCUT2D eigenvalue weighted by Gasteiger charge is 2.39. The number of nitrogens with zero attached hydrogens (tertiary/aromatic N) is 3. The summed E-state index contributed by atoms with van der Waals surface area (Å²) in [5.41, 5.74) is 8.92. The summed E-state index contributed by atoms with van der Waals surface area (Å²) in [7, 11) is 0. The third-order valence-electron chi connectivity index (χ3n) is 8.66. The van der Waals surface area contributed by atoms with Crippen molar-refractivity contribution < 1.29 is 14.4 Å². The molecule has 2 unspecified atom stereocenters. The number of rotatable bonds is 7. The van der Waals surface area contributed by atoms with Crippen LogP contribution in [0.1, 0.15) is 74.8 Å². The van der Waals surface area contributed by atoms with Crippen molar-refractivity contribution in [3.05, 3.63) is 59.7 Å². The Morgan fingerprint density at radius 2 is 1.89 bits per heavy atom. The fourth-order valence-electron chi connectivity index (χ4n) is 6.53. The topological polar surface area (TPSA) is 81.2 Å². The molecule has 2 saturated carbocycles. The number of benzene rings is 1. The van der Waals surface area contributed by atoms with Crippen LogP contribution in [-0.4, -0.2) is 25.8 Å². The SMILES string of the molecule is Cc1noc(C)c1-c1cnc2c(-c3ccc(C4CC4CC(=O)O)cc3)cn(CC3(C)CCCCC3)c2c1. The van der Waals surface area contributed by atoms with E-state index in [4.69, 9.17) is 14.6 Å². The molecule has 3 aromatic heterocycles. The van der Waals surface area contributed by atoms with E-state index in [0.717, 1.165) is 57.7 Å². The molecule has 0 bridgehead atoms. The Balaban J connectivity index is 1.39. The number of carboxylic acid groups (broad SMARTS) is 1. The highest BCUT2D eigenvalue weighted by molar-refractivity contribution is 5.95. The van der Waals surface area contributed by atoms with Gasteiger partial charge in [0, 0.05) is 42.0 Å². The van der Waals surface area contributed by atoms with E-state index in [1.54, 1.807) is 0 Å². The van der Waals surface area contributed by atoms with Crippen LogP contribution in [0.15, 0.2) is 47.2 Å². The molecular formula is C31H35N3O3. The molecular weight excluding hydrogens is 462 g/mol. The maximum Gasteiger partial charge on any atom is 0.303 e. The summed E-state index contributed by atoms with van der Waals surface area (Å²) in [5, 5.41) is 13.3. The number of hydrogen-bond acceptors (Lipinski definition) is 4. The Labute approximate surface area is 217 Å². The Morgan fingerprint density at radius 1 is 1.14 bits per heavy atom. The van der Waals surface area contributed by atoms with Crippen molar-refractivity contribution in [2.24, 2.45) is 11.3 Å². The van der Waals surface area contributed by atoms with Gasteiger partial charge in [0.1, 0.15) is 5.76 Å². The van der Waals surface area contributed by atoms with E-state index in [-0.39, 0.29) is 17.8 Å². The van der Waals surface area contributed by atoms with E-state index >= 15 is 0 Å². The van der Waals surface area contributed by atoms with Gasteiger partial charge < -0.3 is 14.2 Å². The van der Waals surface area contributed by atoms with Crippen LogP contribution in [0.3, 0.4) is 0 Å². The van der Waals surface area contributed by atoms with Crippen molar-refractivity contribution in [1.82, 2.24) is 14.7 Å². The number of aryl methyl sites for hydroxylation is 2. The molecule has 6 rings (SSSR count). The maximum atomic E-state index is 11.1. The van der Waals surface area contributed by atoms with Crippen molar-refractivity contribution in [2.45, 2.75) is 78.2 Å². The fraction of sp³-hybridized carbons (Fsp3) is 0.452. The fourth-order valence-corrected chi connectivity index (χ4v) is 6.53. The predicted octanol–water partition coefficient (Wildman–Crippen LogP) is 7.52. The summed E-state index contributed by atoms with van der Waals surface area (Å²) in [6, 6.07) is 10.9. The second-order valence-corrected chi connectivity index (χ2v) is 11.7. The zero-order valence-corrected chi connectivity index (χ0v) is 22.0. The molecule has 192 valence electrons. The van der Waals surface area contributed by atoms with E-state index in [1.165, 1.54) is 37.7 Å². The van der Waals surface area contributed by atoms with Gasteiger partial charge in [0.2, 0.25) is 0 Å². The summed E-state index contributed by atoms with van der Waals surface area (Å²) in [6.07, 6.45) is 11.9. The summed E-state index contributed by atoms with van der Waals surface area (Å²) in [4.78, 5) is 16.1. The average molecular weight is 498 g/mol. The summed E-state index contributed by atoms with van der Waals surface area (Å²) in [5.74, 6) is 0.748. The van der Waals surface area contributed by atoms with Crippen molar-refractivity contribution in [2.75, 3.05) is 0 Å². The zero-order valence-electron chi connectivity index (χ0n) is 22.0. The minimum absolute atomic E-state index is 0.260. The lowest BCUT2D eigenvalue weighted by molar-refractivity contribution is -0.137. The summed E-state index contributed by atoms with van der Waals surface area (Å²) in [6.45, 7) is 7.34. The molecule has 3 heterocycles. The molecule has 2 aliphatic carbocycles. The van der Waals surface area contributed by atoms with Gasteiger partial charge in [0.05, 0.1) is 16.7 Å². The second-order valence-electron chi connectivity index (χ2n) is 11.7. The van der Waals surface area contributed by atoms with Crippen LogP contribution in [0, 0.1) is 25.2 Å². The lowest BCUT2D eigenvalue weighted by Gasteiger charge is -2.34. The van der Waals surface area contributed by atoms with Crippen molar-refractivity contribution in [3.8, 4) is 22.3 Å². The predicted molar refractivity (Wildman–Crippen MR) is 144 cm³/mol. The number of hydrogen-bond donors (Lipinski definition) is 1. The standard InChI is InChI=1S/C31H35N3O3/c1-19-29(20(2)37-33-19)24-14-27-30(32-16-24)26(17-34(27)18-31(3)11-5-4-6-12-31)22-9-7-21(8-10-22)25-13-23(25)15-28(35)36/h7-10,14,16-17,23,25H,4-6,11-13,15,18H2,1-3H3,(H,35,36). The van der Waals surface area contributed by atoms with Crippen LogP contribution >= 0.6 is 0 Å². The minimum atomic E-state index is -0.703. The van der Waals surface area contributed by atoms with Gasteiger partial charge in [-0.1, -0.05) is 55.6 Å². The Kier molecular flexibility index (Phi) is 5.93. The zero-order chi connectivity index (χ0) is 25.7. The molecule has 0 amide bonds. The van der Waals surface area contributed by atoms with Gasteiger partial charge in [-0.3, -0.25) is 9.78 Å². The first-order valence-electron chi connectivity index (χ1n) is 13.6. The van der Waals surface area contributed by atoms with E-state index in [1.807, 2.05) is 20.0 Å². The van der Waals surface area contributed by atoms with Crippen molar-refractivity contribution >= 4 is 17.0 Å². The largest absolute Gasteiger partial charge is 0.481 e. The lowest BCUT2D eigenvalue weighted by Crippen LogP contribution is -2.25. The molecule has 4 aromatic rings. The molecule has 2 atom stereocenters. The van der Waals surface area contributed by atoms with Gasteiger partial charge in [-0.2, -0.15) is 0 Å². The van der Waals surface area contributed by atoms with E-state index in [9.17, 15) is 4.79 Å². The first-order valence-corrected chi connectivity index (χ1v) is 13.6. The van der Waals surface area contributed by atoms with Crippen molar-refractivity contribution in [1.29, 1.82) is 0 Å². The van der Waals surface area contributed by atoms with Gasteiger partial charge in [0.15, 0.2) is 0 Å². The van der Waals surface area contributed by atoms with Crippen LogP contribution in [0.4, 0.5) is 0 Å². The molecule has 0 spiro atoms. The number of carboxylic acids is 1. The monoisotopic (exact) mass is 497 g/mol. The molecule has 6 nitrogen and oxygen atoms in total. The smallest absolute Gasteiger partial charge is 0.303 e. The average Bonchev–Trinajstić information content (AvgIpc) is 3.43. The number of pyridine rings is 1. The van der Waals surface area contributed by atoms with Crippen molar-refractivity contribution in [3.63, 3.8) is 0 Å². The normalized spacial score (nSPS) is 20.8. The van der Waals surface area contributed by atoms with Gasteiger partial charge in [0.25, 0.3) is 0 Å². The van der Waals surface area contributed by atoms with Gasteiger partial charge in [-0.15, -0.1) is 0 Å². The summed E-state index contributed by atoms with van der Waals surface area (Å²) >= 11 is 0. The molecule has 37 heavy (non-hydrogen) atoms. The third-order valence-corrected chi connectivity index (χ3v) is 8.66. The number of fused-ring (bicyclic) bond motifs is 1. The van der Waals surface area contributed by atoms with Gasteiger partial charge >= 0.3 is 5.97 Å². The Hall–Kier alpha value is -3.41. The van der Waals surface area contributed by atoms with Crippen LogP contribution in [-0.2, 0) is 11.3 Å². The quantitative estimate of drug-likeness (QED) is 0.285. The van der Waals surface area contributed by atoms with E-state index < -0.39 is 5.97 Å². The second kappa shape index (κ2) is 9.16. The lowest BCUT2D eigenvalue weighted by atomic mass is 9.75. The number of aromatic nitrogens is 3. The van der Waals surface area contributed by atoms with E-state index in [2.05, 4.69) is 53.2 Å². The molecule has 0 saturated heterocycles. The molecule has 0 radical (unpaired) electrons. The van der Waals surface area contributed by atoms with E-state index in [0.29, 0.717) is 5.92 Å². The van der Waals surface area contributed by atoms with Gasteiger partial charge in [-0.25, -0.2) is 0 Å². The number of aliphatic carboxylic acids is 1. The highest BCUT2D eigenvalue weighted by atomic mass is 16.5.